The minimum Gasteiger partial charge on any atom is -0.356 e. The molecule has 13 heavy (non-hydrogen) atoms. The van der Waals surface area contributed by atoms with E-state index in [1.54, 1.807) is 0 Å². The maximum Gasteiger partial charge on any atom is 0.220 e. The van der Waals surface area contributed by atoms with Crippen molar-refractivity contribution in [2.45, 2.75) is 12.8 Å². The Morgan fingerprint density at radius 2 is 2.54 bits per heavy atom. The van der Waals surface area contributed by atoms with Gasteiger partial charge in [0.05, 0.1) is 0 Å². The summed E-state index contributed by atoms with van der Waals surface area (Å²) in [4.78, 5) is 14.8. The molecule has 6 heteroatoms. The number of nitrogens with zero attached hydrogens (tertiary/aromatic N) is 2. The summed E-state index contributed by atoms with van der Waals surface area (Å²) in [6, 6.07) is 0. The van der Waals surface area contributed by atoms with E-state index in [9.17, 15) is 4.79 Å². The Morgan fingerprint density at radius 3 is 3.15 bits per heavy atom. The zero-order valence-electron chi connectivity index (χ0n) is 7.06. The Bertz CT molecular complexity index is 250. The van der Waals surface area contributed by atoms with Crippen molar-refractivity contribution < 1.29 is 9.32 Å². The largest absolute Gasteiger partial charge is 0.356 e. The molecule has 0 aliphatic carbocycles. The fourth-order valence-electron chi connectivity index (χ4n) is 0.806. The first kappa shape index (κ1) is 10.0. The number of amides is 1. The van der Waals surface area contributed by atoms with E-state index in [-0.39, 0.29) is 5.91 Å². The predicted octanol–water partition coefficient (Wildman–Crippen LogP) is 0.0482. The number of hydrogen-bond acceptors (Lipinski definition) is 5. The smallest absolute Gasteiger partial charge is 0.220 e. The lowest BCUT2D eigenvalue weighted by Crippen LogP contribution is -2.25. The third-order valence-electron chi connectivity index (χ3n) is 1.42. The number of nitrogens with one attached hydrogen (secondary N) is 1. The lowest BCUT2D eigenvalue weighted by Gasteiger charge is -2.00. The van der Waals surface area contributed by atoms with Crippen molar-refractivity contribution in [3.05, 3.63) is 12.2 Å². The van der Waals surface area contributed by atoms with Gasteiger partial charge in [-0.15, -0.1) is 0 Å². The second-order valence-corrected chi connectivity index (χ2v) is 2.87. The van der Waals surface area contributed by atoms with Gasteiger partial charge in [0.1, 0.15) is 0 Å². The molecule has 72 valence electrons. The molecule has 0 radical (unpaired) electrons. The molecule has 0 atom stereocenters. The molecule has 1 aromatic heterocycles. The highest BCUT2D eigenvalue weighted by atomic mass is 32.1. The lowest BCUT2D eigenvalue weighted by molar-refractivity contribution is -0.120. The van der Waals surface area contributed by atoms with Gasteiger partial charge in [0.2, 0.25) is 12.3 Å². The Morgan fingerprint density at radius 1 is 1.69 bits per heavy atom. The van der Waals surface area contributed by atoms with E-state index in [4.69, 9.17) is 0 Å². The summed E-state index contributed by atoms with van der Waals surface area (Å²) in [5.74, 6) is 1.17. The van der Waals surface area contributed by atoms with E-state index in [2.05, 4.69) is 32.6 Å². The van der Waals surface area contributed by atoms with Crippen LogP contribution in [0.15, 0.2) is 10.9 Å². The molecule has 0 spiro atoms. The quantitative estimate of drug-likeness (QED) is 0.660. The predicted molar refractivity (Wildman–Crippen MR) is 49.5 cm³/mol. The summed E-state index contributed by atoms with van der Waals surface area (Å²) >= 11 is 3.94. The van der Waals surface area contributed by atoms with E-state index in [0.29, 0.717) is 31.0 Å². The van der Waals surface area contributed by atoms with Crippen LogP contribution >= 0.6 is 12.6 Å². The zero-order valence-corrected chi connectivity index (χ0v) is 7.96. The van der Waals surface area contributed by atoms with Gasteiger partial charge in [0, 0.05) is 19.4 Å². The molecule has 0 aliphatic heterocycles. The van der Waals surface area contributed by atoms with Crippen LogP contribution in [0.1, 0.15) is 12.2 Å². The van der Waals surface area contributed by atoms with Crippen LogP contribution in [0.5, 0.6) is 0 Å². The van der Waals surface area contributed by atoms with Gasteiger partial charge < -0.3 is 9.84 Å². The number of rotatable bonds is 5. The van der Waals surface area contributed by atoms with Gasteiger partial charge in [-0.3, -0.25) is 4.79 Å². The lowest BCUT2D eigenvalue weighted by atomic mass is 10.4. The van der Waals surface area contributed by atoms with E-state index in [1.807, 2.05) is 0 Å². The van der Waals surface area contributed by atoms with Gasteiger partial charge in [-0.1, -0.05) is 5.16 Å². The summed E-state index contributed by atoms with van der Waals surface area (Å²) in [6.45, 7) is 0.534. The monoisotopic (exact) mass is 201 g/mol. The second-order valence-electron chi connectivity index (χ2n) is 2.42. The van der Waals surface area contributed by atoms with Crippen LogP contribution in [0, 0.1) is 0 Å². The molecule has 0 aliphatic rings. The molecule has 1 rings (SSSR count). The van der Waals surface area contributed by atoms with E-state index >= 15 is 0 Å². The summed E-state index contributed by atoms with van der Waals surface area (Å²) < 4.78 is 4.53. The van der Waals surface area contributed by atoms with Crippen molar-refractivity contribution in [3.8, 4) is 0 Å². The standard InChI is InChI=1S/C7H11N3O2S/c11-7(2-4-13)8-3-1-6-9-5-12-10-6/h5,13H,1-4H2,(H,8,11). The van der Waals surface area contributed by atoms with Gasteiger partial charge in [0.15, 0.2) is 5.82 Å². The molecule has 1 N–H and O–H groups in total. The fourth-order valence-corrected chi connectivity index (χ4v) is 1.01. The zero-order chi connectivity index (χ0) is 9.52. The van der Waals surface area contributed by atoms with Crippen molar-refractivity contribution in [1.29, 1.82) is 0 Å². The van der Waals surface area contributed by atoms with E-state index in [1.165, 1.54) is 6.39 Å². The van der Waals surface area contributed by atoms with Crippen molar-refractivity contribution in [3.63, 3.8) is 0 Å². The number of thiol groups is 1. The first-order valence-corrected chi connectivity index (χ1v) is 4.59. The van der Waals surface area contributed by atoms with Gasteiger partial charge in [-0.25, -0.2) is 0 Å². The van der Waals surface area contributed by atoms with Crippen LogP contribution in [-0.4, -0.2) is 28.3 Å². The number of carbonyl (C=O) groups is 1. The molecule has 1 amide bonds. The van der Waals surface area contributed by atoms with Crippen LogP contribution in [0.4, 0.5) is 0 Å². The minimum atomic E-state index is -0.00139. The van der Waals surface area contributed by atoms with Gasteiger partial charge in [-0.2, -0.15) is 17.6 Å². The van der Waals surface area contributed by atoms with E-state index < -0.39 is 0 Å². The molecule has 5 nitrogen and oxygen atoms in total. The molecular formula is C7H11N3O2S. The Hall–Kier alpha value is -1.04. The fraction of sp³-hybridized carbons (Fsp3) is 0.571. The molecule has 1 aromatic rings. The van der Waals surface area contributed by atoms with Gasteiger partial charge in [-0.05, 0) is 5.75 Å². The summed E-state index contributed by atoms with van der Waals surface area (Å²) in [5, 5.41) is 6.32. The van der Waals surface area contributed by atoms with Crippen molar-refractivity contribution >= 4 is 18.5 Å². The van der Waals surface area contributed by atoms with Crippen molar-refractivity contribution in [2.24, 2.45) is 0 Å². The average Bonchev–Trinajstić information content (AvgIpc) is 2.57. The van der Waals surface area contributed by atoms with Crippen molar-refractivity contribution in [1.82, 2.24) is 15.5 Å². The van der Waals surface area contributed by atoms with Gasteiger partial charge >= 0.3 is 0 Å². The third kappa shape index (κ3) is 3.93. The number of hydrogen-bond donors (Lipinski definition) is 2. The molecular weight excluding hydrogens is 190 g/mol. The molecule has 0 bridgehead atoms. The highest BCUT2D eigenvalue weighted by Gasteiger charge is 2.00. The first-order chi connectivity index (χ1) is 6.33. The highest BCUT2D eigenvalue weighted by molar-refractivity contribution is 7.80. The topological polar surface area (TPSA) is 68.0 Å². The Balaban J connectivity index is 2.11. The first-order valence-electron chi connectivity index (χ1n) is 3.95. The average molecular weight is 201 g/mol. The molecule has 0 saturated carbocycles. The second kappa shape index (κ2) is 5.58. The maximum atomic E-state index is 10.9. The summed E-state index contributed by atoms with van der Waals surface area (Å²) in [5.41, 5.74) is 0. The van der Waals surface area contributed by atoms with Gasteiger partial charge in [0.25, 0.3) is 0 Å². The Labute approximate surface area is 81.3 Å². The van der Waals surface area contributed by atoms with Crippen LogP contribution in [0.2, 0.25) is 0 Å². The SMILES string of the molecule is O=C(CCS)NCCc1ncon1. The maximum absolute atomic E-state index is 10.9. The molecule has 0 aromatic carbocycles. The summed E-state index contributed by atoms with van der Waals surface area (Å²) in [6.07, 6.45) is 2.30. The van der Waals surface area contributed by atoms with Crippen LogP contribution in [-0.2, 0) is 11.2 Å². The minimum absolute atomic E-state index is 0.00139. The molecule has 0 fully saturated rings. The highest BCUT2D eigenvalue weighted by Crippen LogP contribution is 1.89. The molecule has 1 heterocycles. The number of carbonyl (C=O) groups excluding carboxylic acids is 1. The summed E-state index contributed by atoms with van der Waals surface area (Å²) in [7, 11) is 0. The van der Waals surface area contributed by atoms with Crippen LogP contribution < -0.4 is 5.32 Å². The normalized spacial score (nSPS) is 9.92. The van der Waals surface area contributed by atoms with Crippen LogP contribution in [0.25, 0.3) is 0 Å². The third-order valence-corrected chi connectivity index (χ3v) is 1.64. The molecule has 0 unspecified atom stereocenters. The Kier molecular flexibility index (Phi) is 4.31. The molecule has 0 saturated heterocycles. The van der Waals surface area contributed by atoms with Crippen molar-refractivity contribution in [2.75, 3.05) is 12.3 Å². The van der Waals surface area contributed by atoms with E-state index in [0.717, 1.165) is 0 Å². The number of aromatic nitrogens is 2. The van der Waals surface area contributed by atoms with Crippen LogP contribution in [0.3, 0.4) is 0 Å².